The molecule has 3 rings (SSSR count). The van der Waals surface area contributed by atoms with E-state index in [1.54, 1.807) is 16.2 Å². The van der Waals surface area contributed by atoms with E-state index in [1.807, 2.05) is 30.5 Å². The lowest BCUT2D eigenvalue weighted by Crippen LogP contribution is -2.29. The number of thiophene rings is 1. The highest BCUT2D eigenvalue weighted by Crippen LogP contribution is 2.33. The Bertz CT molecular complexity index is 660. The highest BCUT2D eigenvalue weighted by molar-refractivity contribution is 8.18. The molecule has 8 heteroatoms. The normalized spacial score (nSPS) is 19.4. The number of carbonyl (C=O) groups excluding carboxylic acids is 1. The molecule has 0 saturated carbocycles. The third-order valence-corrected chi connectivity index (χ3v) is 4.44. The van der Waals surface area contributed by atoms with Crippen molar-refractivity contribution >= 4 is 40.2 Å². The molecule has 1 aliphatic rings. The highest BCUT2D eigenvalue weighted by Gasteiger charge is 2.32. The molecule has 1 fully saturated rings. The quantitative estimate of drug-likeness (QED) is 0.815. The van der Waals surface area contributed by atoms with E-state index in [2.05, 4.69) is 15.3 Å². The molecule has 6 nitrogen and oxygen atoms in total. The van der Waals surface area contributed by atoms with E-state index in [9.17, 15) is 4.79 Å². The Kier molecular flexibility index (Phi) is 3.66. The Labute approximate surface area is 123 Å². The molecule has 0 aliphatic carbocycles. The van der Waals surface area contributed by atoms with Crippen LogP contribution in [0.2, 0.25) is 0 Å². The van der Waals surface area contributed by atoms with Crippen LogP contribution in [-0.2, 0) is 4.79 Å². The second-order valence-electron chi connectivity index (χ2n) is 3.90. The maximum Gasteiger partial charge on any atom is 0.266 e. The van der Waals surface area contributed by atoms with Crippen molar-refractivity contribution in [2.24, 2.45) is 5.10 Å². The molecule has 0 aromatic carbocycles. The van der Waals surface area contributed by atoms with Crippen LogP contribution in [0.15, 0.2) is 40.2 Å². The van der Waals surface area contributed by atoms with Gasteiger partial charge in [0, 0.05) is 11.4 Å². The number of carbonyl (C=O) groups is 1. The summed E-state index contributed by atoms with van der Waals surface area (Å²) in [7, 11) is 0. The molecule has 0 N–H and O–H groups in total. The molecule has 20 heavy (non-hydrogen) atoms. The van der Waals surface area contributed by atoms with Crippen molar-refractivity contribution in [1.29, 1.82) is 0 Å². The van der Waals surface area contributed by atoms with E-state index in [0.29, 0.717) is 16.6 Å². The number of thioether (sulfide) groups is 1. The van der Waals surface area contributed by atoms with Crippen molar-refractivity contribution in [3.63, 3.8) is 0 Å². The molecular weight excluding hydrogens is 294 g/mol. The number of rotatable bonds is 3. The fourth-order valence-electron chi connectivity index (χ4n) is 1.71. The summed E-state index contributed by atoms with van der Waals surface area (Å²) in [5, 5.41) is 14.4. The lowest BCUT2D eigenvalue weighted by atomic mass is 10.4. The zero-order valence-electron chi connectivity index (χ0n) is 10.6. The van der Waals surface area contributed by atoms with Crippen LogP contribution >= 0.6 is 23.1 Å². The largest absolute Gasteiger partial charge is 0.285 e. The van der Waals surface area contributed by atoms with Gasteiger partial charge in [0.05, 0.1) is 4.91 Å². The van der Waals surface area contributed by atoms with Crippen molar-refractivity contribution in [3.05, 3.63) is 39.9 Å². The molecule has 0 atom stereocenters. The van der Waals surface area contributed by atoms with Gasteiger partial charge in [0.15, 0.2) is 5.17 Å². The van der Waals surface area contributed by atoms with E-state index < -0.39 is 0 Å². The van der Waals surface area contributed by atoms with Crippen LogP contribution in [0.4, 0.5) is 0 Å². The van der Waals surface area contributed by atoms with Crippen LogP contribution in [-0.4, -0.2) is 37.4 Å². The third kappa shape index (κ3) is 2.52. The molecule has 0 radical (unpaired) electrons. The van der Waals surface area contributed by atoms with Gasteiger partial charge in [-0.25, -0.2) is 4.68 Å². The zero-order chi connectivity index (χ0) is 13.9. The monoisotopic (exact) mass is 305 g/mol. The molecule has 3 heterocycles. The standard InChI is InChI=1S/C12H11N5OS2/c1-2-17-11(18)10(6-9-4-3-5-19-9)20-12(17)15-16-7-13-14-8-16/h3-8H,2H2,1H3/b10-6+,15-12-. The summed E-state index contributed by atoms with van der Waals surface area (Å²) in [5.74, 6) is -0.0160. The Morgan fingerprint density at radius 2 is 2.20 bits per heavy atom. The second kappa shape index (κ2) is 5.59. The van der Waals surface area contributed by atoms with Gasteiger partial charge in [0.25, 0.3) is 5.91 Å². The number of aromatic nitrogens is 3. The van der Waals surface area contributed by atoms with E-state index in [-0.39, 0.29) is 5.91 Å². The summed E-state index contributed by atoms with van der Waals surface area (Å²) in [5.41, 5.74) is 0. The first kappa shape index (κ1) is 13.1. The molecular formula is C12H11N5OS2. The molecule has 102 valence electrons. The molecule has 0 unspecified atom stereocenters. The van der Waals surface area contributed by atoms with Crippen molar-refractivity contribution in [2.75, 3.05) is 6.54 Å². The lowest BCUT2D eigenvalue weighted by Gasteiger charge is -2.11. The van der Waals surface area contributed by atoms with Crippen LogP contribution < -0.4 is 0 Å². The maximum absolute atomic E-state index is 12.3. The van der Waals surface area contributed by atoms with Crippen molar-refractivity contribution in [3.8, 4) is 0 Å². The van der Waals surface area contributed by atoms with E-state index in [1.165, 1.54) is 29.1 Å². The number of hydrogen-bond donors (Lipinski definition) is 0. The Hall–Kier alpha value is -1.93. The van der Waals surface area contributed by atoms with Crippen LogP contribution in [0, 0.1) is 0 Å². The predicted octanol–water partition coefficient (Wildman–Crippen LogP) is 2.10. The molecule has 2 aromatic rings. The number of nitrogens with zero attached hydrogens (tertiary/aromatic N) is 5. The summed E-state index contributed by atoms with van der Waals surface area (Å²) in [4.78, 5) is 15.7. The Balaban J connectivity index is 1.92. The number of likely N-dealkylation sites (N-methyl/N-ethyl adjacent to an activating group) is 1. The predicted molar refractivity (Wildman–Crippen MR) is 80.1 cm³/mol. The smallest absolute Gasteiger partial charge is 0.266 e. The third-order valence-electron chi connectivity index (χ3n) is 2.63. The Morgan fingerprint density at radius 1 is 1.40 bits per heavy atom. The fraction of sp³-hybridized carbons (Fsp3) is 0.167. The first-order chi connectivity index (χ1) is 9.78. The van der Waals surface area contributed by atoms with Crippen molar-refractivity contribution in [1.82, 2.24) is 19.8 Å². The van der Waals surface area contributed by atoms with Gasteiger partial charge in [-0.1, -0.05) is 6.07 Å². The second-order valence-corrected chi connectivity index (χ2v) is 5.89. The summed E-state index contributed by atoms with van der Waals surface area (Å²) >= 11 is 2.97. The number of amides is 1. The summed E-state index contributed by atoms with van der Waals surface area (Å²) < 4.78 is 1.49. The van der Waals surface area contributed by atoms with Crippen LogP contribution in [0.5, 0.6) is 0 Å². The first-order valence-corrected chi connectivity index (χ1v) is 7.66. The molecule has 2 aromatic heterocycles. The average molecular weight is 305 g/mol. The molecule has 1 aliphatic heterocycles. The topological polar surface area (TPSA) is 63.4 Å². The average Bonchev–Trinajstić information content (AvgIpc) is 3.15. The van der Waals surface area contributed by atoms with Gasteiger partial charge in [0.2, 0.25) is 0 Å². The van der Waals surface area contributed by atoms with Gasteiger partial charge >= 0.3 is 0 Å². The summed E-state index contributed by atoms with van der Waals surface area (Å²) in [6.45, 7) is 2.50. The maximum atomic E-state index is 12.3. The molecule has 0 spiro atoms. The van der Waals surface area contributed by atoms with Crippen molar-refractivity contribution in [2.45, 2.75) is 6.92 Å². The van der Waals surface area contributed by atoms with Gasteiger partial charge in [-0.2, -0.15) is 0 Å². The van der Waals surface area contributed by atoms with E-state index in [4.69, 9.17) is 0 Å². The van der Waals surface area contributed by atoms with Gasteiger partial charge in [-0.05, 0) is 36.2 Å². The minimum atomic E-state index is -0.0160. The zero-order valence-corrected chi connectivity index (χ0v) is 12.3. The molecule has 1 amide bonds. The number of hydrogen-bond acceptors (Lipinski definition) is 6. The van der Waals surface area contributed by atoms with E-state index >= 15 is 0 Å². The van der Waals surface area contributed by atoms with Gasteiger partial charge in [0.1, 0.15) is 12.7 Å². The minimum Gasteiger partial charge on any atom is -0.285 e. The highest BCUT2D eigenvalue weighted by atomic mass is 32.2. The van der Waals surface area contributed by atoms with Crippen molar-refractivity contribution < 1.29 is 4.79 Å². The van der Waals surface area contributed by atoms with E-state index in [0.717, 1.165) is 4.88 Å². The van der Waals surface area contributed by atoms with Crippen LogP contribution in [0.25, 0.3) is 6.08 Å². The van der Waals surface area contributed by atoms with Crippen LogP contribution in [0.1, 0.15) is 11.8 Å². The van der Waals surface area contributed by atoms with Gasteiger partial charge in [-0.15, -0.1) is 26.6 Å². The minimum absolute atomic E-state index is 0.0160. The van der Waals surface area contributed by atoms with Gasteiger partial charge < -0.3 is 0 Å². The molecule has 0 bridgehead atoms. The van der Waals surface area contributed by atoms with Gasteiger partial charge in [-0.3, -0.25) is 9.69 Å². The van der Waals surface area contributed by atoms with Crippen LogP contribution in [0.3, 0.4) is 0 Å². The fourth-order valence-corrected chi connectivity index (χ4v) is 3.48. The summed E-state index contributed by atoms with van der Waals surface area (Å²) in [6, 6.07) is 3.95. The number of amidine groups is 1. The Morgan fingerprint density at radius 3 is 2.85 bits per heavy atom. The summed E-state index contributed by atoms with van der Waals surface area (Å²) in [6.07, 6.45) is 4.88. The SMILES string of the molecule is CCN1C(=O)/C(=C\c2cccs2)S/C1=N\n1cnnc1. The first-order valence-electron chi connectivity index (χ1n) is 5.96. The molecule has 1 saturated heterocycles. The lowest BCUT2D eigenvalue weighted by molar-refractivity contribution is -0.122.